The van der Waals surface area contributed by atoms with Crippen LogP contribution < -0.4 is 15.2 Å². The molecule has 174 valence electrons. The Morgan fingerprint density at radius 1 is 1.03 bits per heavy atom. The second kappa shape index (κ2) is 9.65. The molecule has 1 aliphatic carbocycles. The van der Waals surface area contributed by atoms with Crippen molar-refractivity contribution in [2.45, 2.75) is 32.1 Å². The highest BCUT2D eigenvalue weighted by Crippen LogP contribution is 2.34. The zero-order chi connectivity index (χ0) is 23.4. The zero-order valence-corrected chi connectivity index (χ0v) is 18.5. The molecule has 11 heteroatoms. The van der Waals surface area contributed by atoms with E-state index in [1.807, 2.05) is 0 Å². The monoisotopic (exact) mass is 475 g/mol. The number of nitrogens with two attached hydrogens (primary N) is 1. The Labute approximate surface area is 190 Å². The Morgan fingerprint density at radius 2 is 1.82 bits per heavy atom. The summed E-state index contributed by atoms with van der Waals surface area (Å²) in [5.74, 6) is -3.25. The molecule has 2 heterocycles. The van der Waals surface area contributed by atoms with Gasteiger partial charge in [-0.15, -0.1) is 0 Å². The molecule has 1 aromatic carbocycles. The van der Waals surface area contributed by atoms with Gasteiger partial charge in [-0.3, -0.25) is 4.72 Å². The summed E-state index contributed by atoms with van der Waals surface area (Å²) in [4.78, 5) is 12.0. The number of nitrogen functional groups attached to an aromatic ring is 1. The number of nitrogens with zero attached hydrogens (tertiary/aromatic N) is 3. The molecule has 1 aliphatic rings. The Balaban J connectivity index is 1.55. The molecule has 3 N–H and O–H groups in total. The molecule has 8 nitrogen and oxygen atoms in total. The summed E-state index contributed by atoms with van der Waals surface area (Å²) in [6.45, 7) is 0. The van der Waals surface area contributed by atoms with Crippen molar-refractivity contribution in [1.82, 2.24) is 15.0 Å². The smallest absolute Gasteiger partial charge is 0.233 e. The first kappa shape index (κ1) is 22.8. The van der Waals surface area contributed by atoms with Crippen LogP contribution in [0, 0.1) is 17.6 Å². The van der Waals surface area contributed by atoms with Crippen LogP contribution in [0.2, 0.25) is 0 Å². The first-order valence-electron chi connectivity index (χ1n) is 10.5. The first-order chi connectivity index (χ1) is 15.8. The Bertz CT molecular complexity index is 1250. The molecule has 0 radical (unpaired) electrons. The fraction of sp³-hybridized carbons (Fsp3) is 0.318. The van der Waals surface area contributed by atoms with Crippen LogP contribution in [0.15, 0.2) is 42.7 Å². The number of pyridine rings is 1. The molecule has 1 fully saturated rings. The van der Waals surface area contributed by atoms with E-state index >= 15 is 0 Å². The van der Waals surface area contributed by atoms with Crippen LogP contribution in [0.25, 0.3) is 11.3 Å². The minimum atomic E-state index is -3.83. The Hall–Kier alpha value is -3.34. The van der Waals surface area contributed by atoms with Crippen LogP contribution in [-0.2, 0) is 10.0 Å². The SMILES string of the molecule is Nc1nccc(-c2cccnc2Oc2ccc(NS(=O)(=O)CC3CCCCC3)c(F)c2F)n1. The van der Waals surface area contributed by atoms with Crippen molar-refractivity contribution in [3.8, 4) is 22.9 Å². The molecule has 0 spiro atoms. The van der Waals surface area contributed by atoms with Gasteiger partial charge in [-0.25, -0.2) is 27.8 Å². The lowest BCUT2D eigenvalue weighted by Gasteiger charge is -2.21. The van der Waals surface area contributed by atoms with E-state index in [9.17, 15) is 17.2 Å². The highest BCUT2D eigenvalue weighted by Gasteiger charge is 2.24. The summed E-state index contributed by atoms with van der Waals surface area (Å²) in [5, 5.41) is 0. The quantitative estimate of drug-likeness (QED) is 0.516. The minimum absolute atomic E-state index is 0.0187. The van der Waals surface area contributed by atoms with Gasteiger partial charge in [0.1, 0.15) is 0 Å². The van der Waals surface area contributed by atoms with Crippen LogP contribution in [0.4, 0.5) is 20.4 Å². The zero-order valence-electron chi connectivity index (χ0n) is 17.7. The second-order valence-electron chi connectivity index (χ2n) is 7.88. The highest BCUT2D eigenvalue weighted by atomic mass is 32.2. The summed E-state index contributed by atoms with van der Waals surface area (Å²) >= 11 is 0. The Morgan fingerprint density at radius 3 is 2.58 bits per heavy atom. The van der Waals surface area contributed by atoms with E-state index in [1.165, 1.54) is 12.4 Å². The molecule has 0 amide bonds. The van der Waals surface area contributed by atoms with E-state index < -0.39 is 33.1 Å². The van der Waals surface area contributed by atoms with Crippen molar-refractivity contribution in [2.24, 2.45) is 5.92 Å². The normalized spacial score (nSPS) is 14.7. The highest BCUT2D eigenvalue weighted by molar-refractivity contribution is 7.92. The average molecular weight is 476 g/mol. The molecule has 3 aromatic rings. The third kappa shape index (κ3) is 5.54. The molecule has 0 bridgehead atoms. The predicted octanol–water partition coefficient (Wildman–Crippen LogP) is 4.51. The maximum absolute atomic E-state index is 14.8. The van der Waals surface area contributed by atoms with Gasteiger partial charge in [0.25, 0.3) is 0 Å². The number of rotatable bonds is 7. The molecular formula is C22H23F2N5O3S. The summed E-state index contributed by atoms with van der Waals surface area (Å²) in [7, 11) is -3.83. The number of benzene rings is 1. The standard InChI is InChI=1S/C22H23F2N5O3S/c23-19-17(29-33(30,31)13-14-5-2-1-3-6-14)8-9-18(20(19)24)32-21-15(7-4-11-26-21)16-10-12-27-22(25)28-16/h4,7-12,14,29H,1-3,5-6,13H2,(H2,25,27,28). The van der Waals surface area contributed by atoms with Gasteiger partial charge in [0.2, 0.25) is 27.7 Å². The summed E-state index contributed by atoms with van der Waals surface area (Å²) < 4.78 is 62.1. The number of nitrogens with one attached hydrogen (secondary N) is 1. The average Bonchev–Trinajstić information content (AvgIpc) is 2.79. The lowest BCUT2D eigenvalue weighted by atomic mass is 9.91. The third-order valence-corrected chi connectivity index (χ3v) is 6.86. The van der Waals surface area contributed by atoms with Crippen molar-refractivity contribution in [3.05, 3.63) is 54.4 Å². The molecule has 0 aliphatic heterocycles. The lowest BCUT2D eigenvalue weighted by molar-refractivity contribution is 0.385. The van der Waals surface area contributed by atoms with Crippen molar-refractivity contribution < 1.29 is 21.9 Å². The van der Waals surface area contributed by atoms with Crippen LogP contribution in [0.5, 0.6) is 11.6 Å². The fourth-order valence-corrected chi connectivity index (χ4v) is 5.39. The van der Waals surface area contributed by atoms with E-state index in [0.717, 1.165) is 44.2 Å². The summed E-state index contributed by atoms with van der Waals surface area (Å²) in [6.07, 6.45) is 7.55. The summed E-state index contributed by atoms with van der Waals surface area (Å²) in [6, 6.07) is 7.09. The molecule has 33 heavy (non-hydrogen) atoms. The molecule has 0 unspecified atom stereocenters. The second-order valence-corrected chi connectivity index (χ2v) is 9.65. The van der Waals surface area contributed by atoms with Gasteiger partial charge in [0, 0.05) is 12.4 Å². The fourth-order valence-electron chi connectivity index (χ4n) is 3.86. The molecule has 2 aromatic heterocycles. The lowest BCUT2D eigenvalue weighted by Crippen LogP contribution is -2.24. The molecule has 0 atom stereocenters. The van der Waals surface area contributed by atoms with Crippen molar-refractivity contribution in [2.75, 3.05) is 16.2 Å². The van der Waals surface area contributed by atoms with Gasteiger partial charge in [-0.1, -0.05) is 19.3 Å². The van der Waals surface area contributed by atoms with Gasteiger partial charge in [0.05, 0.1) is 22.7 Å². The van der Waals surface area contributed by atoms with Crippen molar-refractivity contribution in [1.29, 1.82) is 0 Å². The van der Waals surface area contributed by atoms with Gasteiger partial charge >= 0.3 is 0 Å². The van der Waals surface area contributed by atoms with Gasteiger partial charge < -0.3 is 10.5 Å². The molecular weight excluding hydrogens is 452 g/mol. The van der Waals surface area contributed by atoms with E-state index in [2.05, 4.69) is 19.7 Å². The molecule has 4 rings (SSSR count). The largest absolute Gasteiger partial charge is 0.435 e. The topological polar surface area (TPSA) is 120 Å². The van der Waals surface area contributed by atoms with Gasteiger partial charge in [0.15, 0.2) is 11.6 Å². The third-order valence-electron chi connectivity index (χ3n) is 5.42. The number of hydrogen-bond donors (Lipinski definition) is 2. The predicted molar refractivity (Wildman–Crippen MR) is 120 cm³/mol. The van der Waals surface area contributed by atoms with Crippen LogP contribution in [0.3, 0.4) is 0 Å². The van der Waals surface area contributed by atoms with Crippen LogP contribution in [0.1, 0.15) is 32.1 Å². The number of sulfonamides is 1. The van der Waals surface area contributed by atoms with Crippen molar-refractivity contribution >= 4 is 21.7 Å². The van der Waals surface area contributed by atoms with E-state index in [-0.39, 0.29) is 23.5 Å². The number of hydrogen-bond acceptors (Lipinski definition) is 7. The van der Waals surface area contributed by atoms with E-state index in [0.29, 0.717) is 11.3 Å². The Kier molecular flexibility index (Phi) is 6.68. The van der Waals surface area contributed by atoms with Gasteiger partial charge in [-0.05, 0) is 49.1 Å². The molecule has 0 saturated heterocycles. The number of aromatic nitrogens is 3. The maximum atomic E-state index is 14.8. The summed E-state index contributed by atoms with van der Waals surface area (Å²) in [5.41, 5.74) is 5.93. The van der Waals surface area contributed by atoms with Crippen LogP contribution in [-0.4, -0.2) is 29.1 Å². The van der Waals surface area contributed by atoms with Crippen molar-refractivity contribution in [3.63, 3.8) is 0 Å². The van der Waals surface area contributed by atoms with Crippen LogP contribution >= 0.6 is 0 Å². The van der Waals surface area contributed by atoms with E-state index in [4.69, 9.17) is 10.5 Å². The van der Waals surface area contributed by atoms with Gasteiger partial charge in [-0.2, -0.15) is 4.39 Å². The number of anilines is 2. The maximum Gasteiger partial charge on any atom is 0.233 e. The number of ether oxygens (including phenoxy) is 1. The van der Waals surface area contributed by atoms with E-state index in [1.54, 1.807) is 18.2 Å². The number of halogens is 2. The minimum Gasteiger partial charge on any atom is -0.435 e. The first-order valence-corrected chi connectivity index (χ1v) is 12.2. The molecule has 1 saturated carbocycles.